The van der Waals surface area contributed by atoms with E-state index in [1.807, 2.05) is 0 Å². The Kier molecular flexibility index (Phi) is 3.59. The Balaban J connectivity index is 2.81. The van der Waals surface area contributed by atoms with Gasteiger partial charge in [-0.1, -0.05) is 11.6 Å². The molecule has 0 N–H and O–H groups in total. The van der Waals surface area contributed by atoms with Crippen LogP contribution < -0.4 is 4.74 Å². The van der Waals surface area contributed by atoms with Crippen molar-refractivity contribution in [2.75, 3.05) is 6.61 Å². The van der Waals surface area contributed by atoms with Gasteiger partial charge in [0.25, 0.3) is 5.06 Å². The molecule has 5 nitrogen and oxygen atoms in total. The quantitative estimate of drug-likeness (QED) is 0.460. The number of alkyl halides is 2. The van der Waals surface area contributed by atoms with Crippen LogP contribution in [0.1, 0.15) is 5.69 Å². The molecule has 0 radical (unpaired) electrons. The number of aromatic nitrogens is 1. The highest BCUT2D eigenvalue weighted by atomic mass is 35.5. The summed E-state index contributed by atoms with van der Waals surface area (Å²) in [5.74, 6) is 0. The van der Waals surface area contributed by atoms with Crippen molar-refractivity contribution < 1.29 is 14.1 Å². The molecule has 0 bridgehead atoms. The van der Waals surface area contributed by atoms with Crippen LogP contribution in [0, 0.1) is 17.0 Å². The molecule has 0 aliphatic rings. The van der Waals surface area contributed by atoms with Crippen molar-refractivity contribution in [2.45, 2.75) is 12.6 Å². The number of ether oxygens (including phenoxy) is 1. The third kappa shape index (κ3) is 2.52. The molecule has 14 heavy (non-hydrogen) atoms. The van der Waals surface area contributed by atoms with Crippen molar-refractivity contribution in [3.05, 3.63) is 15.8 Å². The molecule has 8 heteroatoms. The smallest absolute Gasteiger partial charge is 0.345 e. The number of rotatable bonds is 4. The summed E-state index contributed by atoms with van der Waals surface area (Å²) in [6, 6.07) is 0. The van der Waals surface area contributed by atoms with E-state index in [9.17, 15) is 14.5 Å². The standard InChI is InChI=1S/C6H6ClFN2O3S/c1-3-5(10(11)12)6(14-9-3)13-2-4(7)8/h4H,2H2,1H3. The zero-order valence-electron chi connectivity index (χ0n) is 7.07. The van der Waals surface area contributed by atoms with Crippen LogP contribution in [0.5, 0.6) is 5.06 Å². The maximum absolute atomic E-state index is 12.2. The van der Waals surface area contributed by atoms with Gasteiger partial charge >= 0.3 is 5.69 Å². The molecular weight excluding hydrogens is 235 g/mol. The van der Waals surface area contributed by atoms with Crippen LogP contribution in [0.2, 0.25) is 0 Å². The Bertz CT molecular complexity index is 344. The van der Waals surface area contributed by atoms with Crippen molar-refractivity contribution >= 4 is 28.8 Å². The van der Waals surface area contributed by atoms with Gasteiger partial charge < -0.3 is 4.74 Å². The summed E-state index contributed by atoms with van der Waals surface area (Å²) < 4.78 is 20.7. The molecule has 0 saturated carbocycles. The first kappa shape index (κ1) is 11.1. The Morgan fingerprint density at radius 3 is 3.00 bits per heavy atom. The third-order valence-electron chi connectivity index (χ3n) is 1.32. The second kappa shape index (κ2) is 4.52. The maximum Gasteiger partial charge on any atom is 0.345 e. The number of nitro groups is 1. The van der Waals surface area contributed by atoms with Crippen LogP contribution in [0.3, 0.4) is 0 Å². The van der Waals surface area contributed by atoms with E-state index in [4.69, 9.17) is 16.3 Å². The van der Waals surface area contributed by atoms with Crippen molar-refractivity contribution in [3.63, 3.8) is 0 Å². The van der Waals surface area contributed by atoms with Crippen molar-refractivity contribution in [2.24, 2.45) is 0 Å². The van der Waals surface area contributed by atoms with Crippen LogP contribution in [-0.2, 0) is 0 Å². The van der Waals surface area contributed by atoms with Gasteiger partial charge in [0.1, 0.15) is 12.3 Å². The van der Waals surface area contributed by atoms with Gasteiger partial charge in [-0.3, -0.25) is 10.1 Å². The molecule has 1 atom stereocenters. The monoisotopic (exact) mass is 240 g/mol. The second-order valence-corrected chi connectivity index (χ2v) is 3.57. The number of aryl methyl sites for hydroxylation is 1. The van der Waals surface area contributed by atoms with Gasteiger partial charge in [0, 0.05) is 11.5 Å². The topological polar surface area (TPSA) is 65.3 Å². The number of halogens is 2. The lowest BCUT2D eigenvalue weighted by atomic mass is 10.4. The summed E-state index contributed by atoms with van der Waals surface area (Å²) in [5.41, 5.74) is -1.66. The zero-order chi connectivity index (χ0) is 10.7. The predicted molar refractivity (Wildman–Crippen MR) is 49.7 cm³/mol. The van der Waals surface area contributed by atoms with E-state index in [-0.39, 0.29) is 16.4 Å². The molecule has 0 fully saturated rings. The summed E-state index contributed by atoms with van der Waals surface area (Å²) in [4.78, 5) is 9.90. The molecule has 1 aromatic heterocycles. The molecule has 1 unspecified atom stereocenters. The van der Waals surface area contributed by atoms with Crippen molar-refractivity contribution in [3.8, 4) is 5.06 Å². The van der Waals surface area contributed by atoms with E-state index in [1.165, 1.54) is 6.92 Å². The average Bonchev–Trinajstić information content (AvgIpc) is 2.43. The highest BCUT2D eigenvalue weighted by molar-refractivity contribution is 7.08. The van der Waals surface area contributed by atoms with E-state index in [2.05, 4.69) is 4.37 Å². The first-order valence-electron chi connectivity index (χ1n) is 3.54. The minimum atomic E-state index is -1.68. The molecular formula is C6H6ClFN2O3S. The van der Waals surface area contributed by atoms with Gasteiger partial charge in [-0.05, 0) is 6.92 Å². The van der Waals surface area contributed by atoms with Gasteiger partial charge in [-0.25, -0.2) is 4.39 Å². The van der Waals surface area contributed by atoms with E-state index in [0.29, 0.717) is 0 Å². The summed E-state index contributed by atoms with van der Waals surface area (Å²) in [6.45, 7) is 1.05. The molecule has 0 spiro atoms. The average molecular weight is 241 g/mol. The molecule has 1 heterocycles. The molecule has 78 valence electrons. The summed E-state index contributed by atoms with van der Waals surface area (Å²) in [5, 5.41) is 10.5. The lowest BCUT2D eigenvalue weighted by Gasteiger charge is -2.01. The first-order chi connectivity index (χ1) is 6.52. The largest absolute Gasteiger partial charge is 0.474 e. The van der Waals surface area contributed by atoms with Gasteiger partial charge in [0.05, 0.1) is 4.92 Å². The Morgan fingerprint density at radius 1 is 1.86 bits per heavy atom. The lowest BCUT2D eigenvalue weighted by Crippen LogP contribution is -2.06. The van der Waals surface area contributed by atoms with Crippen molar-refractivity contribution in [1.82, 2.24) is 4.37 Å². The van der Waals surface area contributed by atoms with Crippen LogP contribution in [0.4, 0.5) is 10.1 Å². The van der Waals surface area contributed by atoms with Crippen LogP contribution >= 0.6 is 23.1 Å². The fourth-order valence-electron chi connectivity index (χ4n) is 0.784. The summed E-state index contributed by atoms with van der Waals surface area (Å²) >= 11 is 5.80. The van der Waals surface area contributed by atoms with E-state index >= 15 is 0 Å². The summed E-state index contributed by atoms with van der Waals surface area (Å²) in [7, 11) is 0. The normalized spacial score (nSPS) is 12.5. The second-order valence-electron chi connectivity index (χ2n) is 2.36. The van der Waals surface area contributed by atoms with Gasteiger partial charge in [0.2, 0.25) is 5.63 Å². The minimum Gasteiger partial charge on any atom is -0.474 e. The molecule has 0 aliphatic heterocycles. The number of nitrogens with zero attached hydrogens (tertiary/aromatic N) is 2. The molecule has 0 aromatic carbocycles. The predicted octanol–water partition coefficient (Wildman–Crippen LogP) is 2.27. The molecule has 0 amide bonds. The van der Waals surface area contributed by atoms with Gasteiger partial charge in [-0.15, -0.1) is 0 Å². The minimum absolute atomic E-state index is 0.0178. The van der Waals surface area contributed by atoms with E-state index in [0.717, 1.165) is 11.5 Å². The third-order valence-corrected chi connectivity index (χ3v) is 2.29. The Labute approximate surface area is 87.8 Å². The van der Waals surface area contributed by atoms with Crippen LogP contribution in [-0.4, -0.2) is 21.5 Å². The SMILES string of the molecule is Cc1nsc(OCC(F)Cl)c1[N+](=O)[O-]. The Hall–Kier alpha value is -0.950. The van der Waals surface area contributed by atoms with Gasteiger partial charge in [0.15, 0.2) is 0 Å². The van der Waals surface area contributed by atoms with E-state index < -0.39 is 17.2 Å². The highest BCUT2D eigenvalue weighted by Gasteiger charge is 2.23. The number of hydrogen-bond acceptors (Lipinski definition) is 5. The maximum atomic E-state index is 12.2. The highest BCUT2D eigenvalue weighted by Crippen LogP contribution is 2.34. The lowest BCUT2D eigenvalue weighted by molar-refractivity contribution is -0.386. The molecule has 0 aliphatic carbocycles. The van der Waals surface area contributed by atoms with Crippen LogP contribution in [0.15, 0.2) is 0 Å². The van der Waals surface area contributed by atoms with Crippen molar-refractivity contribution in [1.29, 1.82) is 0 Å². The number of hydrogen-bond donors (Lipinski definition) is 0. The molecule has 0 saturated heterocycles. The zero-order valence-corrected chi connectivity index (χ0v) is 8.64. The molecule has 1 aromatic rings. The fourth-order valence-corrected chi connectivity index (χ4v) is 1.58. The van der Waals surface area contributed by atoms with Gasteiger partial charge in [-0.2, -0.15) is 4.37 Å². The van der Waals surface area contributed by atoms with Crippen LogP contribution in [0.25, 0.3) is 0 Å². The van der Waals surface area contributed by atoms with E-state index in [1.54, 1.807) is 0 Å². The first-order valence-corrected chi connectivity index (χ1v) is 4.75. The molecule has 1 rings (SSSR count). The summed E-state index contributed by atoms with van der Waals surface area (Å²) in [6.07, 6.45) is 0. The fraction of sp³-hybridized carbons (Fsp3) is 0.500. The Morgan fingerprint density at radius 2 is 2.50 bits per heavy atom.